The molecule has 8 nitrogen and oxygen atoms in total. The van der Waals surface area contributed by atoms with Crippen molar-refractivity contribution in [1.82, 2.24) is 29.9 Å². The van der Waals surface area contributed by atoms with Crippen molar-refractivity contribution in [3.63, 3.8) is 0 Å². The zero-order chi connectivity index (χ0) is 81.6. The van der Waals surface area contributed by atoms with E-state index in [0.717, 1.165) is 195 Å². The fourth-order valence-electron chi connectivity index (χ4n) is 20.4. The highest BCUT2D eigenvalue weighted by atomic mass is 16.5. The molecule has 2 aliphatic carbocycles. The number of hydrogen-bond donors (Lipinski definition) is 0. The lowest BCUT2D eigenvalue weighted by atomic mass is 9.65. The van der Waals surface area contributed by atoms with Crippen LogP contribution < -0.4 is 9.47 Å². The van der Waals surface area contributed by atoms with Gasteiger partial charge in [-0.2, -0.15) is 0 Å². The van der Waals surface area contributed by atoms with Gasteiger partial charge in [-0.05, 0) is 115 Å². The molecule has 0 unspecified atom stereocenters. The number of pyridine rings is 4. The maximum atomic E-state index is 7.20. The maximum Gasteiger partial charge on any atom is 0.160 e. The van der Waals surface area contributed by atoms with Crippen molar-refractivity contribution in [2.45, 2.75) is 10.8 Å². The van der Waals surface area contributed by atoms with Crippen molar-refractivity contribution in [3.05, 3.63) is 469 Å². The fraction of sp³-hybridized carbons (Fsp3) is 0.0172. The molecule has 0 saturated heterocycles. The Labute approximate surface area is 715 Å². The Morgan fingerprint density at radius 2 is 0.565 bits per heavy atom. The number of para-hydroxylation sites is 3. The topological polar surface area (TPSA) is 95.8 Å². The predicted octanol–water partition coefficient (Wildman–Crippen LogP) is 28.9. The highest BCUT2D eigenvalue weighted by Gasteiger charge is 2.53. The van der Waals surface area contributed by atoms with Crippen LogP contribution in [0.4, 0.5) is 0 Å². The summed E-state index contributed by atoms with van der Waals surface area (Å²) in [5.74, 6) is 4.11. The summed E-state index contributed by atoms with van der Waals surface area (Å²) >= 11 is 0. The van der Waals surface area contributed by atoms with E-state index in [1.807, 2.05) is 54.6 Å². The quantitative estimate of drug-likeness (QED) is 0.139. The van der Waals surface area contributed by atoms with Crippen molar-refractivity contribution >= 4 is 65.2 Å². The normalized spacial score (nSPS) is 13.1. The third kappa shape index (κ3) is 10.8. The second-order valence-corrected chi connectivity index (χ2v) is 32.5. The van der Waals surface area contributed by atoms with Crippen LogP contribution in [0.2, 0.25) is 0 Å². The van der Waals surface area contributed by atoms with E-state index in [2.05, 4.69) is 370 Å². The van der Waals surface area contributed by atoms with Crippen molar-refractivity contribution < 1.29 is 9.47 Å². The molecule has 7 heterocycles. The fourth-order valence-corrected chi connectivity index (χ4v) is 20.4. The molecular weight excluding hydrogens is 1510 g/mol. The molecule has 0 N–H and O–H groups in total. The van der Waals surface area contributed by atoms with Crippen LogP contribution in [0, 0.1) is 0 Å². The lowest BCUT2D eigenvalue weighted by Crippen LogP contribution is -2.32. The molecule has 576 valence electrons. The number of rotatable bonds is 8. The van der Waals surface area contributed by atoms with Gasteiger partial charge in [0.2, 0.25) is 0 Å². The third-order valence-electron chi connectivity index (χ3n) is 25.9. The van der Waals surface area contributed by atoms with Gasteiger partial charge in [-0.15, -0.1) is 0 Å². The summed E-state index contributed by atoms with van der Waals surface area (Å²) in [4.78, 5) is 31.6. The monoisotopic (exact) mass is 1580 g/mol. The summed E-state index contributed by atoms with van der Waals surface area (Å²) in [5.41, 5.74) is 31.8. The largest absolute Gasteiger partial charge is 0.456 e. The zero-order valence-electron chi connectivity index (χ0n) is 66.9. The summed E-state index contributed by atoms with van der Waals surface area (Å²) in [6.07, 6.45) is 0. The van der Waals surface area contributed by atoms with Gasteiger partial charge in [0.1, 0.15) is 23.0 Å². The van der Waals surface area contributed by atoms with Gasteiger partial charge in [-0.25, -0.2) is 29.9 Å². The molecule has 0 atom stereocenters. The molecule has 2 aliphatic heterocycles. The highest BCUT2D eigenvalue weighted by Crippen LogP contribution is 2.66. The van der Waals surface area contributed by atoms with Gasteiger partial charge >= 0.3 is 0 Å². The molecule has 17 aromatic carbocycles. The standard InChI is InChI=1S/C60H37N3O.C56H33N3O/c1-4-16-39(17-5-1)52-37-53(63-59(62-52)42-20-8-3-9-21-42)40-30-28-38(29-31-40)43-32-33-46-47-34-35-51-58(56(47)57(61-54(46)36-43)41-18-6-2-7-19-41)64-55-27-15-14-26-50(55)60(51)48-24-12-10-22-44(48)45-23-11-13-25-49(45)60;1-2-13-34(14-3-1)47-31-27-35-25-26-36-28-32-48(58-54(36)53(35)57-47)37-15-12-16-38(33-37)52-51-42(41-19-6-10-23-49(41)59-52)29-30-46-55(51)60-50-24-11-9-22-45(50)56(46)43-20-7-4-17-39(43)40-18-5-8-21-44(40)56/h1-37H;1-33H. The van der Waals surface area contributed by atoms with Gasteiger partial charge in [0.15, 0.2) is 5.82 Å². The molecule has 0 amide bonds. The zero-order valence-corrected chi connectivity index (χ0v) is 66.9. The summed E-state index contributed by atoms with van der Waals surface area (Å²) in [6, 6.07) is 150. The third-order valence-corrected chi connectivity index (χ3v) is 25.9. The lowest BCUT2D eigenvalue weighted by molar-refractivity contribution is 0.441. The van der Waals surface area contributed by atoms with Crippen LogP contribution in [0.15, 0.2) is 425 Å². The minimum Gasteiger partial charge on any atom is -0.456 e. The van der Waals surface area contributed by atoms with Crippen LogP contribution >= 0.6 is 0 Å². The molecule has 0 fully saturated rings. The van der Waals surface area contributed by atoms with E-state index in [0.29, 0.717) is 5.82 Å². The second kappa shape index (κ2) is 28.1. The highest BCUT2D eigenvalue weighted by molar-refractivity contribution is 6.17. The van der Waals surface area contributed by atoms with Gasteiger partial charge in [-0.1, -0.05) is 376 Å². The van der Waals surface area contributed by atoms with E-state index in [-0.39, 0.29) is 0 Å². The van der Waals surface area contributed by atoms with E-state index < -0.39 is 10.8 Å². The molecule has 124 heavy (non-hydrogen) atoms. The molecule has 2 spiro atoms. The molecule has 4 aliphatic rings. The van der Waals surface area contributed by atoms with E-state index in [1.54, 1.807) is 0 Å². The molecule has 0 saturated carbocycles. The first-order valence-electron chi connectivity index (χ1n) is 42.2. The minimum atomic E-state index is -0.581. The number of nitrogens with zero attached hydrogens (tertiary/aromatic N) is 6. The molecule has 26 rings (SSSR count). The van der Waals surface area contributed by atoms with Crippen LogP contribution in [0.5, 0.6) is 23.0 Å². The Hall–Kier alpha value is -16.4. The number of benzene rings is 17. The Kier molecular flexibility index (Phi) is 16.0. The van der Waals surface area contributed by atoms with Crippen molar-refractivity contribution in [3.8, 4) is 135 Å². The minimum absolute atomic E-state index is 0.567. The number of ether oxygens (including phenoxy) is 2. The van der Waals surface area contributed by atoms with Crippen LogP contribution in [-0.4, -0.2) is 29.9 Å². The molecule has 22 aromatic rings. The average molecular weight is 1580 g/mol. The molecule has 0 bridgehead atoms. The maximum absolute atomic E-state index is 7.20. The van der Waals surface area contributed by atoms with E-state index in [9.17, 15) is 0 Å². The molecular formula is C116H70N6O2. The van der Waals surface area contributed by atoms with Crippen LogP contribution in [0.3, 0.4) is 0 Å². The van der Waals surface area contributed by atoms with E-state index >= 15 is 0 Å². The smallest absolute Gasteiger partial charge is 0.160 e. The average Bonchev–Trinajstić information content (AvgIpc) is 1.47. The van der Waals surface area contributed by atoms with Gasteiger partial charge in [0, 0.05) is 82.7 Å². The second-order valence-electron chi connectivity index (χ2n) is 32.5. The van der Waals surface area contributed by atoms with E-state index in [4.69, 9.17) is 39.4 Å². The van der Waals surface area contributed by atoms with Gasteiger partial charge < -0.3 is 9.47 Å². The van der Waals surface area contributed by atoms with Gasteiger partial charge in [0.25, 0.3) is 0 Å². The Morgan fingerprint density at radius 1 is 0.194 bits per heavy atom. The first-order valence-corrected chi connectivity index (χ1v) is 42.2. The van der Waals surface area contributed by atoms with Gasteiger partial charge in [0.05, 0.1) is 77.8 Å². The number of hydrogen-bond acceptors (Lipinski definition) is 8. The Balaban J connectivity index is 0.000000136. The van der Waals surface area contributed by atoms with Crippen molar-refractivity contribution in [2.75, 3.05) is 0 Å². The molecule has 0 radical (unpaired) electrons. The van der Waals surface area contributed by atoms with E-state index in [1.165, 1.54) is 44.5 Å². The Morgan fingerprint density at radius 3 is 1.10 bits per heavy atom. The number of fused-ring (bicyclic) bond motifs is 29. The van der Waals surface area contributed by atoms with Crippen LogP contribution in [0.25, 0.3) is 177 Å². The molecule has 5 aromatic heterocycles. The van der Waals surface area contributed by atoms with Gasteiger partial charge in [-0.3, -0.25) is 0 Å². The van der Waals surface area contributed by atoms with Crippen molar-refractivity contribution in [2.24, 2.45) is 0 Å². The predicted molar refractivity (Wildman–Crippen MR) is 503 cm³/mol. The van der Waals surface area contributed by atoms with Crippen molar-refractivity contribution in [1.29, 1.82) is 0 Å². The first kappa shape index (κ1) is 70.6. The molecule has 8 heteroatoms. The summed E-state index contributed by atoms with van der Waals surface area (Å²) in [6.45, 7) is 0. The summed E-state index contributed by atoms with van der Waals surface area (Å²) in [7, 11) is 0. The van der Waals surface area contributed by atoms with Crippen LogP contribution in [-0.2, 0) is 10.8 Å². The Bertz CT molecular complexity index is 8030. The number of aromatic nitrogens is 6. The van der Waals surface area contributed by atoms with Crippen LogP contribution in [0.1, 0.15) is 44.5 Å². The summed E-state index contributed by atoms with van der Waals surface area (Å²) < 4.78 is 14.4. The SMILES string of the molecule is c1ccc(-c2cc(-c3ccc(-c4ccc5c(c4)nc(-c4ccccc4)c4c6c(ccc45)C4(c5ccccc5O6)c5ccccc5-c5ccccc54)cc3)nc(-c3ccccc3)n2)cc1.c1ccc(-c2ccc3ccc4ccc(-c5cccc(-c6nc7ccccc7c7ccc8c(c67)Oc6ccccc6C86c7ccccc7-c7ccccc76)c5)nc4c3n2)cc1. The summed E-state index contributed by atoms with van der Waals surface area (Å²) in [5, 5.41) is 8.48. The lowest BCUT2D eigenvalue weighted by Gasteiger charge is -2.40. The first-order chi connectivity index (χ1) is 61.5.